The van der Waals surface area contributed by atoms with Crippen molar-refractivity contribution in [1.82, 2.24) is 24.0 Å². The number of imidazole rings is 1. The molecule has 0 saturated heterocycles. The predicted molar refractivity (Wildman–Crippen MR) is 117 cm³/mol. The summed E-state index contributed by atoms with van der Waals surface area (Å²) in [7, 11) is 3.57. The number of nitrogens with one attached hydrogen (secondary N) is 1. The molecule has 10 nitrogen and oxygen atoms in total. The number of carbonyl (C=O) groups excluding carboxylic acids is 1. The van der Waals surface area contributed by atoms with E-state index in [1.165, 1.54) is 10.8 Å². The summed E-state index contributed by atoms with van der Waals surface area (Å²) in [6.07, 6.45) is 2.74. The third-order valence-corrected chi connectivity index (χ3v) is 6.50. The van der Waals surface area contributed by atoms with Crippen molar-refractivity contribution >= 4 is 16.9 Å². The number of amides is 1. The molecule has 1 amide bonds. The smallest absolute Gasteiger partial charge is 0.328 e. The van der Waals surface area contributed by atoms with E-state index in [1.54, 1.807) is 37.3 Å². The van der Waals surface area contributed by atoms with Crippen molar-refractivity contribution in [3.8, 4) is 0 Å². The minimum atomic E-state index is -1.54. The van der Waals surface area contributed by atoms with Crippen LogP contribution in [0.25, 0.3) is 11.0 Å². The van der Waals surface area contributed by atoms with Gasteiger partial charge >= 0.3 is 5.69 Å². The van der Waals surface area contributed by atoms with Gasteiger partial charge in [-0.15, -0.1) is 0 Å². The van der Waals surface area contributed by atoms with Crippen LogP contribution in [0.3, 0.4) is 0 Å². The molecule has 2 aromatic heterocycles. The van der Waals surface area contributed by atoms with Gasteiger partial charge in [-0.2, -0.15) is 0 Å². The average Bonchev–Trinajstić information content (AvgIpc) is 3.13. The minimum absolute atomic E-state index is 0.147. The Labute approximate surface area is 183 Å². The molecule has 10 heteroatoms. The molecule has 3 atom stereocenters. The van der Waals surface area contributed by atoms with E-state index in [0.717, 1.165) is 11.0 Å². The second-order valence-corrected chi connectivity index (χ2v) is 8.72. The van der Waals surface area contributed by atoms with E-state index in [1.807, 2.05) is 17.7 Å². The van der Waals surface area contributed by atoms with Crippen LogP contribution in [0, 0.1) is 6.92 Å². The molecule has 0 bridgehead atoms. The Hall–Kier alpha value is -3.24. The molecular formula is C22H27N5O5. The first-order valence-electron chi connectivity index (χ1n) is 10.5. The summed E-state index contributed by atoms with van der Waals surface area (Å²) in [5.41, 5.74) is -0.161. The molecule has 0 spiro atoms. The Balaban J connectivity index is 1.48. The summed E-state index contributed by atoms with van der Waals surface area (Å²) in [5.74, 6) is -0.187. The summed E-state index contributed by atoms with van der Waals surface area (Å²) in [6, 6.07) is 5.08. The molecule has 32 heavy (non-hydrogen) atoms. The minimum Gasteiger partial charge on any atom is -0.390 e. The van der Waals surface area contributed by atoms with Gasteiger partial charge in [0.05, 0.1) is 30.0 Å². The highest BCUT2D eigenvalue weighted by Gasteiger charge is 2.43. The highest BCUT2D eigenvalue weighted by Crippen LogP contribution is 2.33. The van der Waals surface area contributed by atoms with Gasteiger partial charge in [-0.1, -0.05) is 0 Å². The van der Waals surface area contributed by atoms with Gasteiger partial charge in [-0.3, -0.25) is 19.1 Å². The molecule has 1 fully saturated rings. The number of hydrogen-bond acceptors (Lipinski definition) is 6. The number of fused-ring (bicyclic) bond motifs is 1. The highest BCUT2D eigenvalue weighted by atomic mass is 16.3. The molecule has 0 aliphatic heterocycles. The fourth-order valence-electron chi connectivity index (χ4n) is 4.38. The molecule has 1 saturated carbocycles. The maximum atomic E-state index is 13.0. The average molecular weight is 441 g/mol. The standard InChI is InChI=1S/C22H27N5O5/c1-13-10-27(21(31)24-19(13)29)11-22(32)7-6-15(9-18(22)28)26(3)20(30)14-4-5-17-16(8-14)23-12-25(17)2/h4-5,8,10,12,15,18,28,32H,6-7,9,11H2,1-3H3,(H,24,29,31)/t15-,18+,22+/m0/s1. The normalized spacial score (nSPS) is 23.4. The zero-order chi connectivity index (χ0) is 23.2. The molecule has 1 aliphatic rings. The molecule has 0 radical (unpaired) electrons. The number of hydrogen-bond donors (Lipinski definition) is 3. The Morgan fingerprint density at radius 3 is 2.84 bits per heavy atom. The molecule has 3 N–H and O–H groups in total. The fourth-order valence-corrected chi connectivity index (χ4v) is 4.38. The van der Waals surface area contributed by atoms with Crippen molar-refractivity contribution in [2.45, 2.75) is 50.5 Å². The fraction of sp³-hybridized carbons (Fsp3) is 0.455. The van der Waals surface area contributed by atoms with Crippen LogP contribution < -0.4 is 11.2 Å². The Kier molecular flexibility index (Phi) is 5.51. The number of rotatable bonds is 4. The molecule has 1 aromatic carbocycles. The lowest BCUT2D eigenvalue weighted by Crippen LogP contribution is -2.55. The van der Waals surface area contributed by atoms with Crippen LogP contribution in [0.1, 0.15) is 35.2 Å². The van der Waals surface area contributed by atoms with Crippen molar-refractivity contribution in [3.05, 3.63) is 62.7 Å². The number of nitrogens with zero attached hydrogens (tertiary/aromatic N) is 4. The monoisotopic (exact) mass is 441 g/mol. The molecule has 2 heterocycles. The van der Waals surface area contributed by atoms with Gasteiger partial charge in [0.15, 0.2) is 0 Å². The second-order valence-electron chi connectivity index (χ2n) is 8.72. The quantitative estimate of drug-likeness (QED) is 0.528. The molecular weight excluding hydrogens is 414 g/mol. The third kappa shape index (κ3) is 3.87. The molecule has 0 unspecified atom stereocenters. The number of aromatic nitrogens is 4. The van der Waals surface area contributed by atoms with E-state index in [4.69, 9.17) is 0 Å². The first-order chi connectivity index (χ1) is 15.1. The van der Waals surface area contributed by atoms with Gasteiger partial charge in [-0.05, 0) is 44.4 Å². The van der Waals surface area contributed by atoms with E-state index < -0.39 is 23.0 Å². The van der Waals surface area contributed by atoms with Gasteiger partial charge in [0, 0.05) is 37.5 Å². The molecule has 170 valence electrons. The Morgan fingerprint density at radius 2 is 2.12 bits per heavy atom. The first-order valence-corrected chi connectivity index (χ1v) is 10.5. The number of aliphatic hydroxyl groups is 2. The summed E-state index contributed by atoms with van der Waals surface area (Å²) < 4.78 is 3.08. The third-order valence-electron chi connectivity index (χ3n) is 6.50. The summed E-state index contributed by atoms with van der Waals surface area (Å²) >= 11 is 0. The maximum absolute atomic E-state index is 13.0. The lowest BCUT2D eigenvalue weighted by Gasteiger charge is -2.43. The second kappa shape index (κ2) is 8.03. The van der Waals surface area contributed by atoms with Gasteiger partial charge in [0.25, 0.3) is 11.5 Å². The van der Waals surface area contributed by atoms with Crippen molar-refractivity contribution in [2.75, 3.05) is 7.05 Å². The van der Waals surface area contributed by atoms with Crippen LogP contribution in [0.4, 0.5) is 0 Å². The topological polar surface area (TPSA) is 133 Å². The summed E-state index contributed by atoms with van der Waals surface area (Å²) in [5, 5.41) is 21.8. The van der Waals surface area contributed by atoms with Crippen LogP contribution in [0.15, 0.2) is 40.3 Å². The van der Waals surface area contributed by atoms with Gasteiger partial charge in [-0.25, -0.2) is 9.78 Å². The van der Waals surface area contributed by atoms with E-state index in [0.29, 0.717) is 17.5 Å². The van der Waals surface area contributed by atoms with Crippen molar-refractivity contribution < 1.29 is 15.0 Å². The van der Waals surface area contributed by atoms with Crippen LogP contribution in [-0.2, 0) is 13.6 Å². The number of aliphatic hydroxyl groups excluding tert-OH is 1. The summed E-state index contributed by atoms with van der Waals surface area (Å²) in [6.45, 7) is 1.42. The SMILES string of the molecule is Cc1cn(C[C@]2(O)CC[C@H](N(C)C(=O)c3ccc4c(c3)ncn4C)C[C@H]2O)c(=O)[nH]c1=O. The largest absolute Gasteiger partial charge is 0.390 e. The van der Waals surface area contributed by atoms with Gasteiger partial charge in [0.2, 0.25) is 0 Å². The maximum Gasteiger partial charge on any atom is 0.328 e. The van der Waals surface area contributed by atoms with Gasteiger partial charge < -0.3 is 19.7 Å². The Bertz CT molecular complexity index is 1290. The van der Waals surface area contributed by atoms with Crippen molar-refractivity contribution in [2.24, 2.45) is 7.05 Å². The first kappa shape index (κ1) is 22.0. The van der Waals surface area contributed by atoms with E-state index in [-0.39, 0.29) is 31.3 Å². The lowest BCUT2D eigenvalue weighted by molar-refractivity contribution is -0.122. The number of aromatic amines is 1. The van der Waals surface area contributed by atoms with Crippen molar-refractivity contribution in [3.63, 3.8) is 0 Å². The van der Waals surface area contributed by atoms with E-state index >= 15 is 0 Å². The number of carbonyl (C=O) groups is 1. The van der Waals surface area contributed by atoms with Crippen LogP contribution in [-0.4, -0.2) is 64.9 Å². The zero-order valence-electron chi connectivity index (χ0n) is 18.3. The van der Waals surface area contributed by atoms with E-state index in [2.05, 4.69) is 9.97 Å². The molecule has 3 aromatic rings. The van der Waals surface area contributed by atoms with Gasteiger partial charge in [0.1, 0.15) is 5.60 Å². The Morgan fingerprint density at radius 1 is 1.38 bits per heavy atom. The number of benzene rings is 1. The highest BCUT2D eigenvalue weighted by molar-refractivity contribution is 5.97. The lowest BCUT2D eigenvalue weighted by atomic mass is 9.79. The van der Waals surface area contributed by atoms with Crippen LogP contribution in [0.5, 0.6) is 0 Å². The molecule has 1 aliphatic carbocycles. The predicted octanol–water partition coefficient (Wildman–Crippen LogP) is 0.148. The van der Waals surface area contributed by atoms with E-state index in [9.17, 15) is 24.6 Å². The molecule has 4 rings (SSSR count). The zero-order valence-corrected chi connectivity index (χ0v) is 18.3. The number of H-pyrrole nitrogens is 1. The van der Waals surface area contributed by atoms with Crippen LogP contribution >= 0.6 is 0 Å². The van der Waals surface area contributed by atoms with Crippen LogP contribution in [0.2, 0.25) is 0 Å². The summed E-state index contributed by atoms with van der Waals surface area (Å²) in [4.78, 5) is 44.8. The van der Waals surface area contributed by atoms with Crippen molar-refractivity contribution in [1.29, 1.82) is 0 Å². The number of aryl methyl sites for hydroxylation is 2.